The van der Waals surface area contributed by atoms with E-state index in [2.05, 4.69) is 40.5 Å². The SMILES string of the molecule is Cc1cscc1-c1nc2cc(CN)ccc2n1C1CC1. The average Bonchev–Trinajstić information content (AvgIpc) is 3.10. The Morgan fingerprint density at radius 3 is 2.85 bits per heavy atom. The summed E-state index contributed by atoms with van der Waals surface area (Å²) in [5.74, 6) is 1.12. The molecule has 3 aromatic rings. The lowest BCUT2D eigenvalue weighted by Crippen LogP contribution is -1.98. The molecule has 1 aliphatic rings. The summed E-state index contributed by atoms with van der Waals surface area (Å²) in [5, 5.41) is 4.40. The molecule has 0 radical (unpaired) electrons. The van der Waals surface area contributed by atoms with Crippen LogP contribution in [-0.4, -0.2) is 9.55 Å². The predicted octanol–water partition coefficient (Wildman–Crippen LogP) is 3.87. The minimum atomic E-state index is 0.568. The van der Waals surface area contributed by atoms with Crippen molar-refractivity contribution in [3.63, 3.8) is 0 Å². The van der Waals surface area contributed by atoms with E-state index in [4.69, 9.17) is 10.7 Å². The fourth-order valence-corrected chi connectivity index (χ4v) is 3.58. The molecule has 2 aromatic heterocycles. The van der Waals surface area contributed by atoms with Crippen LogP contribution in [0.25, 0.3) is 22.4 Å². The predicted molar refractivity (Wildman–Crippen MR) is 83.9 cm³/mol. The number of aryl methyl sites for hydroxylation is 1. The highest BCUT2D eigenvalue weighted by atomic mass is 32.1. The standard InChI is InChI=1S/C16H17N3S/c1-10-8-20-9-13(10)16-18-14-6-11(7-17)2-5-15(14)19(16)12-3-4-12/h2,5-6,8-9,12H,3-4,7,17H2,1H3. The third-order valence-corrected chi connectivity index (χ3v) is 4.86. The average molecular weight is 283 g/mol. The summed E-state index contributed by atoms with van der Waals surface area (Å²) in [5.41, 5.74) is 11.8. The zero-order valence-corrected chi connectivity index (χ0v) is 12.3. The van der Waals surface area contributed by atoms with Gasteiger partial charge in [-0.15, -0.1) is 0 Å². The molecular formula is C16H17N3S. The van der Waals surface area contributed by atoms with Gasteiger partial charge in [-0.1, -0.05) is 6.07 Å². The lowest BCUT2D eigenvalue weighted by molar-refractivity contribution is 0.775. The largest absolute Gasteiger partial charge is 0.326 e. The van der Waals surface area contributed by atoms with Crippen LogP contribution >= 0.6 is 11.3 Å². The number of fused-ring (bicyclic) bond motifs is 1. The molecular weight excluding hydrogens is 266 g/mol. The van der Waals surface area contributed by atoms with Gasteiger partial charge in [-0.25, -0.2) is 4.98 Å². The maximum absolute atomic E-state index is 5.74. The molecule has 0 aliphatic heterocycles. The number of nitrogens with zero attached hydrogens (tertiary/aromatic N) is 2. The Bertz CT molecular complexity index is 780. The molecule has 1 fully saturated rings. The number of aromatic nitrogens is 2. The number of benzene rings is 1. The van der Waals surface area contributed by atoms with Gasteiger partial charge in [-0.3, -0.25) is 0 Å². The van der Waals surface area contributed by atoms with Crippen LogP contribution in [0.3, 0.4) is 0 Å². The first-order valence-corrected chi connectivity index (χ1v) is 7.96. The summed E-state index contributed by atoms with van der Waals surface area (Å²) < 4.78 is 2.42. The maximum Gasteiger partial charge on any atom is 0.142 e. The molecule has 0 unspecified atom stereocenters. The summed E-state index contributed by atoms with van der Waals surface area (Å²) in [7, 11) is 0. The molecule has 4 rings (SSSR count). The van der Waals surface area contributed by atoms with Crippen molar-refractivity contribution in [1.82, 2.24) is 9.55 Å². The van der Waals surface area contributed by atoms with Crippen LogP contribution in [0.1, 0.15) is 30.0 Å². The zero-order chi connectivity index (χ0) is 13.7. The molecule has 0 bridgehead atoms. The summed E-state index contributed by atoms with van der Waals surface area (Å²) >= 11 is 1.75. The van der Waals surface area contributed by atoms with Crippen molar-refractivity contribution in [2.75, 3.05) is 0 Å². The molecule has 20 heavy (non-hydrogen) atoms. The van der Waals surface area contributed by atoms with Crippen molar-refractivity contribution in [2.45, 2.75) is 32.4 Å². The fraction of sp³-hybridized carbons (Fsp3) is 0.312. The molecule has 0 saturated heterocycles. The van der Waals surface area contributed by atoms with Crippen molar-refractivity contribution in [2.24, 2.45) is 5.73 Å². The molecule has 4 heteroatoms. The summed E-state index contributed by atoms with van der Waals surface area (Å²) in [6.45, 7) is 2.73. The molecule has 0 spiro atoms. The van der Waals surface area contributed by atoms with Gasteiger partial charge >= 0.3 is 0 Å². The Balaban J connectivity index is 1.99. The van der Waals surface area contributed by atoms with Crippen LogP contribution in [0.5, 0.6) is 0 Å². The zero-order valence-electron chi connectivity index (χ0n) is 11.5. The molecule has 1 aromatic carbocycles. The number of hydrogen-bond acceptors (Lipinski definition) is 3. The number of rotatable bonds is 3. The topological polar surface area (TPSA) is 43.8 Å². The molecule has 1 saturated carbocycles. The minimum absolute atomic E-state index is 0.568. The van der Waals surface area contributed by atoms with Gasteiger partial charge in [0.15, 0.2) is 0 Å². The van der Waals surface area contributed by atoms with Crippen LogP contribution in [0.15, 0.2) is 29.0 Å². The van der Waals surface area contributed by atoms with E-state index in [-0.39, 0.29) is 0 Å². The minimum Gasteiger partial charge on any atom is -0.326 e. The Hall–Kier alpha value is -1.65. The van der Waals surface area contributed by atoms with Gasteiger partial charge in [0.1, 0.15) is 5.82 Å². The van der Waals surface area contributed by atoms with Crippen molar-refractivity contribution < 1.29 is 0 Å². The lowest BCUT2D eigenvalue weighted by atomic mass is 10.2. The summed E-state index contributed by atoms with van der Waals surface area (Å²) in [4.78, 5) is 4.90. The van der Waals surface area contributed by atoms with Gasteiger partial charge < -0.3 is 10.3 Å². The Labute approximate surface area is 122 Å². The van der Waals surface area contributed by atoms with Crippen molar-refractivity contribution in [1.29, 1.82) is 0 Å². The first-order chi connectivity index (χ1) is 9.78. The van der Waals surface area contributed by atoms with Crippen LogP contribution < -0.4 is 5.73 Å². The van der Waals surface area contributed by atoms with Gasteiger partial charge in [-0.05, 0) is 48.4 Å². The van der Waals surface area contributed by atoms with Gasteiger partial charge in [-0.2, -0.15) is 11.3 Å². The highest BCUT2D eigenvalue weighted by Gasteiger charge is 2.29. The van der Waals surface area contributed by atoms with Gasteiger partial charge in [0.2, 0.25) is 0 Å². The summed E-state index contributed by atoms with van der Waals surface area (Å²) in [6.07, 6.45) is 2.53. The fourth-order valence-electron chi connectivity index (χ4n) is 2.75. The molecule has 0 atom stereocenters. The molecule has 0 amide bonds. The smallest absolute Gasteiger partial charge is 0.142 e. The third kappa shape index (κ3) is 1.79. The van der Waals surface area contributed by atoms with E-state index < -0.39 is 0 Å². The Morgan fingerprint density at radius 1 is 1.35 bits per heavy atom. The van der Waals surface area contributed by atoms with Crippen molar-refractivity contribution in [3.05, 3.63) is 40.1 Å². The number of hydrogen-bond donors (Lipinski definition) is 1. The van der Waals surface area contributed by atoms with E-state index in [0.29, 0.717) is 12.6 Å². The van der Waals surface area contributed by atoms with E-state index >= 15 is 0 Å². The van der Waals surface area contributed by atoms with E-state index in [1.165, 1.54) is 29.5 Å². The first kappa shape index (κ1) is 12.1. The van der Waals surface area contributed by atoms with Crippen molar-refractivity contribution >= 4 is 22.4 Å². The normalized spacial score (nSPS) is 15.1. The maximum atomic E-state index is 5.74. The van der Waals surface area contributed by atoms with Crippen molar-refractivity contribution in [3.8, 4) is 11.4 Å². The second-order valence-electron chi connectivity index (χ2n) is 5.53. The Morgan fingerprint density at radius 2 is 2.20 bits per heavy atom. The molecule has 102 valence electrons. The second kappa shape index (κ2) is 4.43. The van der Waals surface area contributed by atoms with Gasteiger partial charge in [0.05, 0.1) is 11.0 Å². The Kier molecular flexibility index (Phi) is 2.69. The summed E-state index contributed by atoms with van der Waals surface area (Å²) in [6, 6.07) is 7.04. The van der Waals surface area contributed by atoms with E-state index in [1.807, 2.05) is 0 Å². The van der Waals surface area contributed by atoms with Crippen LogP contribution in [-0.2, 0) is 6.54 Å². The highest BCUT2D eigenvalue weighted by molar-refractivity contribution is 7.08. The number of thiophene rings is 1. The van der Waals surface area contributed by atoms with Gasteiger partial charge in [0, 0.05) is 23.5 Å². The third-order valence-electron chi connectivity index (χ3n) is 4.00. The van der Waals surface area contributed by atoms with E-state index in [0.717, 1.165) is 16.9 Å². The van der Waals surface area contributed by atoms with E-state index in [9.17, 15) is 0 Å². The molecule has 2 N–H and O–H groups in total. The second-order valence-corrected chi connectivity index (χ2v) is 6.28. The first-order valence-electron chi connectivity index (χ1n) is 7.02. The number of nitrogens with two attached hydrogens (primary N) is 1. The lowest BCUT2D eigenvalue weighted by Gasteiger charge is -2.07. The van der Waals surface area contributed by atoms with Crippen LogP contribution in [0.4, 0.5) is 0 Å². The number of imidazole rings is 1. The van der Waals surface area contributed by atoms with Gasteiger partial charge in [0.25, 0.3) is 0 Å². The highest BCUT2D eigenvalue weighted by Crippen LogP contribution is 2.42. The quantitative estimate of drug-likeness (QED) is 0.793. The monoisotopic (exact) mass is 283 g/mol. The van der Waals surface area contributed by atoms with E-state index in [1.54, 1.807) is 11.3 Å². The molecule has 3 nitrogen and oxygen atoms in total. The molecule has 1 aliphatic carbocycles. The van der Waals surface area contributed by atoms with Crippen LogP contribution in [0, 0.1) is 6.92 Å². The van der Waals surface area contributed by atoms with Crippen LogP contribution in [0.2, 0.25) is 0 Å². The molecule has 2 heterocycles.